The molecular weight excluding hydrogens is 351 g/mol. The molecule has 0 radical (unpaired) electrons. The van der Waals surface area contributed by atoms with E-state index < -0.39 is 17.1 Å². The van der Waals surface area contributed by atoms with Crippen LogP contribution in [0.15, 0.2) is 27.4 Å². The van der Waals surface area contributed by atoms with Gasteiger partial charge >= 0.3 is 5.69 Å². The van der Waals surface area contributed by atoms with E-state index in [-0.39, 0.29) is 23.6 Å². The number of fused-ring (bicyclic) bond motifs is 2. The van der Waals surface area contributed by atoms with Crippen molar-refractivity contribution < 1.29 is 9.13 Å². The highest BCUT2D eigenvalue weighted by Crippen LogP contribution is 2.46. The van der Waals surface area contributed by atoms with Crippen molar-refractivity contribution in [2.75, 3.05) is 25.1 Å². The Bertz CT molecular complexity index is 1100. The van der Waals surface area contributed by atoms with Crippen molar-refractivity contribution >= 4 is 11.2 Å². The number of nitrogens with one attached hydrogen (secondary N) is 1. The van der Waals surface area contributed by atoms with Crippen LogP contribution in [0.25, 0.3) is 5.52 Å². The topological polar surface area (TPSA) is 92.8 Å². The summed E-state index contributed by atoms with van der Waals surface area (Å²) < 4.78 is 21.8. The van der Waals surface area contributed by atoms with Crippen LogP contribution in [0.5, 0.6) is 5.75 Å². The van der Waals surface area contributed by atoms with E-state index >= 15 is 4.39 Å². The van der Waals surface area contributed by atoms with Crippen molar-refractivity contribution in [2.45, 2.75) is 31.2 Å². The Morgan fingerprint density at radius 3 is 2.78 bits per heavy atom. The van der Waals surface area contributed by atoms with E-state index in [1.165, 1.54) is 12.7 Å². The lowest BCUT2D eigenvalue weighted by molar-refractivity contribution is 0.412. The van der Waals surface area contributed by atoms with Crippen molar-refractivity contribution in [3.05, 3.63) is 50.1 Å². The van der Waals surface area contributed by atoms with Gasteiger partial charge in [-0.3, -0.25) is 14.2 Å². The molecule has 1 saturated heterocycles. The van der Waals surface area contributed by atoms with Crippen LogP contribution in [0, 0.1) is 11.7 Å². The molecule has 1 aliphatic heterocycles. The van der Waals surface area contributed by atoms with Crippen LogP contribution < -0.4 is 26.6 Å². The van der Waals surface area contributed by atoms with Gasteiger partial charge < -0.3 is 15.4 Å². The van der Waals surface area contributed by atoms with Crippen molar-refractivity contribution in [3.8, 4) is 5.75 Å². The number of aromatic amines is 1. The van der Waals surface area contributed by atoms with E-state index in [0.717, 1.165) is 29.9 Å². The molecule has 0 amide bonds. The van der Waals surface area contributed by atoms with Gasteiger partial charge in [0, 0.05) is 30.6 Å². The number of aromatic nitrogens is 2. The molecule has 3 aliphatic rings. The average molecular weight is 372 g/mol. The highest BCUT2D eigenvalue weighted by Gasteiger charge is 2.38. The van der Waals surface area contributed by atoms with Gasteiger partial charge in [-0.1, -0.05) is 6.08 Å². The second kappa shape index (κ2) is 5.69. The maximum atomic E-state index is 15.1. The van der Waals surface area contributed by atoms with Crippen LogP contribution in [0.2, 0.25) is 0 Å². The van der Waals surface area contributed by atoms with Gasteiger partial charge in [-0.25, -0.2) is 9.18 Å². The average Bonchev–Trinajstić information content (AvgIpc) is 3.28. The molecule has 3 N–H and O–H groups in total. The lowest BCUT2D eigenvalue weighted by Crippen LogP contribution is -2.32. The number of hydrogen-bond donors (Lipinski definition) is 2. The van der Waals surface area contributed by atoms with Crippen LogP contribution in [0.1, 0.15) is 30.7 Å². The maximum absolute atomic E-state index is 15.1. The highest BCUT2D eigenvalue weighted by atomic mass is 19.1. The summed E-state index contributed by atoms with van der Waals surface area (Å²) in [4.78, 5) is 29.0. The SMILES string of the molecule is COc1c(N2CC3=CCC(N)C3C2)c(F)cn2c(=O)[nH]c(=O)c(C3CC3)c12. The van der Waals surface area contributed by atoms with Gasteiger partial charge in [0.2, 0.25) is 0 Å². The highest BCUT2D eigenvalue weighted by molar-refractivity contribution is 5.78. The minimum absolute atomic E-state index is 0.0481. The molecule has 2 aromatic rings. The Labute approximate surface area is 154 Å². The molecule has 2 aromatic heterocycles. The molecule has 2 aliphatic carbocycles. The molecule has 2 unspecified atom stereocenters. The number of ether oxygens (including phenoxy) is 1. The van der Waals surface area contributed by atoms with E-state index in [2.05, 4.69) is 11.1 Å². The third kappa shape index (κ3) is 2.36. The van der Waals surface area contributed by atoms with Gasteiger partial charge in [0.25, 0.3) is 5.56 Å². The quantitative estimate of drug-likeness (QED) is 0.788. The summed E-state index contributed by atoms with van der Waals surface area (Å²) in [5, 5.41) is 0. The number of pyridine rings is 1. The van der Waals surface area contributed by atoms with E-state index in [1.54, 1.807) is 0 Å². The van der Waals surface area contributed by atoms with Crippen molar-refractivity contribution in [1.82, 2.24) is 9.38 Å². The summed E-state index contributed by atoms with van der Waals surface area (Å²) in [6.07, 6.45) is 5.88. The standard InChI is InChI=1S/C19H21FN4O3/c1-27-17-15(23-6-10-4-5-13(21)11(10)7-23)12(20)8-24-16(17)14(9-2-3-9)18(25)22-19(24)26/h4,8-9,11,13H,2-3,5-7,21H2,1H3,(H,22,25,26). The van der Waals surface area contributed by atoms with Crippen LogP contribution in [0.3, 0.4) is 0 Å². The van der Waals surface area contributed by atoms with Gasteiger partial charge in [-0.05, 0) is 30.8 Å². The predicted molar refractivity (Wildman–Crippen MR) is 99.2 cm³/mol. The van der Waals surface area contributed by atoms with Crippen molar-refractivity contribution in [3.63, 3.8) is 0 Å². The maximum Gasteiger partial charge on any atom is 0.333 e. The normalized spacial score (nSPS) is 24.4. The number of rotatable bonds is 3. The first kappa shape index (κ1) is 16.6. The summed E-state index contributed by atoms with van der Waals surface area (Å²) in [7, 11) is 1.45. The first-order valence-electron chi connectivity index (χ1n) is 9.24. The predicted octanol–water partition coefficient (Wildman–Crippen LogP) is 1.11. The smallest absolute Gasteiger partial charge is 0.333 e. The van der Waals surface area contributed by atoms with Gasteiger partial charge in [0.15, 0.2) is 11.6 Å². The molecular formula is C19H21FN4O3. The Kier molecular flexibility index (Phi) is 3.49. The summed E-state index contributed by atoms with van der Waals surface area (Å²) in [5.41, 5.74) is 7.49. The van der Waals surface area contributed by atoms with Gasteiger partial charge in [-0.2, -0.15) is 0 Å². The van der Waals surface area contributed by atoms with E-state index in [1.807, 2.05) is 4.90 Å². The number of anilines is 1. The molecule has 2 fully saturated rings. The number of nitrogens with zero attached hydrogens (tertiary/aromatic N) is 2. The Hall–Kier alpha value is -2.61. The van der Waals surface area contributed by atoms with Gasteiger partial charge in [0.1, 0.15) is 11.2 Å². The first-order valence-corrected chi connectivity index (χ1v) is 9.24. The summed E-state index contributed by atoms with van der Waals surface area (Å²) >= 11 is 0. The van der Waals surface area contributed by atoms with Crippen LogP contribution >= 0.6 is 0 Å². The molecule has 0 aromatic carbocycles. The van der Waals surface area contributed by atoms with E-state index in [9.17, 15) is 9.59 Å². The fourth-order valence-electron chi connectivity index (χ4n) is 4.56. The molecule has 8 heteroatoms. The Morgan fingerprint density at radius 2 is 2.11 bits per heavy atom. The fraction of sp³-hybridized carbons (Fsp3) is 0.474. The third-order valence-corrected chi connectivity index (χ3v) is 6.02. The second-order valence-electron chi connectivity index (χ2n) is 7.69. The minimum Gasteiger partial charge on any atom is -0.492 e. The molecule has 5 rings (SSSR count). The number of H-pyrrole nitrogens is 1. The Morgan fingerprint density at radius 1 is 1.33 bits per heavy atom. The van der Waals surface area contributed by atoms with Crippen molar-refractivity contribution in [1.29, 1.82) is 0 Å². The zero-order chi connectivity index (χ0) is 18.9. The zero-order valence-electron chi connectivity index (χ0n) is 15.0. The third-order valence-electron chi connectivity index (χ3n) is 6.02. The molecule has 7 nitrogen and oxygen atoms in total. The largest absolute Gasteiger partial charge is 0.492 e. The molecule has 27 heavy (non-hydrogen) atoms. The number of hydrogen-bond acceptors (Lipinski definition) is 5. The fourth-order valence-corrected chi connectivity index (χ4v) is 4.56. The summed E-state index contributed by atoms with van der Waals surface area (Å²) in [6, 6.07) is 0.0481. The van der Waals surface area contributed by atoms with Gasteiger partial charge in [-0.15, -0.1) is 0 Å². The first-order chi connectivity index (χ1) is 13.0. The lowest BCUT2D eigenvalue weighted by atomic mass is 10.0. The molecule has 1 saturated carbocycles. The van der Waals surface area contributed by atoms with E-state index in [0.29, 0.717) is 29.9 Å². The minimum atomic E-state index is -0.661. The zero-order valence-corrected chi connectivity index (χ0v) is 15.0. The molecule has 3 heterocycles. The molecule has 2 atom stereocenters. The lowest BCUT2D eigenvalue weighted by Gasteiger charge is -2.24. The summed E-state index contributed by atoms with van der Waals surface area (Å²) in [5.74, 6) is -0.0288. The van der Waals surface area contributed by atoms with Crippen LogP contribution in [-0.2, 0) is 0 Å². The monoisotopic (exact) mass is 372 g/mol. The van der Waals surface area contributed by atoms with Crippen molar-refractivity contribution in [2.24, 2.45) is 11.7 Å². The number of halogens is 1. The molecule has 0 bridgehead atoms. The van der Waals surface area contributed by atoms with E-state index in [4.69, 9.17) is 10.5 Å². The molecule has 142 valence electrons. The number of methoxy groups -OCH3 is 1. The molecule has 0 spiro atoms. The van der Waals surface area contributed by atoms with Gasteiger partial charge in [0.05, 0.1) is 13.3 Å². The van der Waals surface area contributed by atoms with Crippen LogP contribution in [0.4, 0.5) is 10.1 Å². The number of nitrogens with two attached hydrogens (primary N) is 1. The summed E-state index contributed by atoms with van der Waals surface area (Å²) in [6.45, 7) is 1.18. The van der Waals surface area contributed by atoms with Crippen LogP contribution in [-0.4, -0.2) is 35.6 Å². The Balaban J connectivity index is 1.76. The second-order valence-corrected chi connectivity index (χ2v) is 7.69.